The fraction of sp³-hybridized carbons (Fsp3) is 0.188. The molecule has 0 saturated carbocycles. The van der Waals surface area contributed by atoms with Gasteiger partial charge in [-0.3, -0.25) is 4.79 Å². The van der Waals surface area contributed by atoms with Crippen LogP contribution in [0.1, 0.15) is 23.0 Å². The maximum Gasteiger partial charge on any atom is 0.372 e. The summed E-state index contributed by atoms with van der Waals surface area (Å²) >= 11 is 0.969. The van der Waals surface area contributed by atoms with E-state index < -0.39 is 29.4 Å². The maximum atomic E-state index is 13.3. The number of carbonyl (C=O) groups is 2. The third-order valence-corrected chi connectivity index (χ3v) is 4.48. The summed E-state index contributed by atoms with van der Waals surface area (Å²) in [6.45, 7) is 3.14. The van der Waals surface area contributed by atoms with Gasteiger partial charge in [0.25, 0.3) is 11.8 Å². The number of benzene rings is 1. The van der Waals surface area contributed by atoms with Crippen molar-refractivity contribution in [3.8, 4) is 0 Å². The van der Waals surface area contributed by atoms with Crippen LogP contribution in [-0.2, 0) is 9.53 Å². The van der Waals surface area contributed by atoms with Gasteiger partial charge in [0.1, 0.15) is 5.00 Å². The third-order valence-electron chi connectivity index (χ3n) is 3.62. The van der Waals surface area contributed by atoms with Crippen LogP contribution in [-0.4, -0.2) is 27.2 Å². The second-order valence-electron chi connectivity index (χ2n) is 5.77. The fourth-order valence-electron chi connectivity index (χ4n) is 2.36. The Bertz CT molecular complexity index is 962. The Morgan fingerprint density at radius 1 is 1.33 bits per heavy atom. The monoisotopic (exact) mass is 396 g/mol. The SMILES string of the molecule is Cc1nsc(NC2(C)NC=C(C(=O)O)O2)c1C(=O)Nc1ccc(F)c(F)c1. The molecule has 0 saturated heterocycles. The molecule has 11 heteroatoms. The van der Waals surface area contributed by atoms with Crippen molar-refractivity contribution >= 4 is 34.1 Å². The first-order valence-electron chi connectivity index (χ1n) is 7.59. The van der Waals surface area contributed by atoms with E-state index in [2.05, 4.69) is 20.3 Å². The number of carboxylic acid groups (broad SMARTS) is 1. The number of amides is 1. The molecular formula is C16H14F2N4O4S. The molecule has 1 atom stereocenters. The van der Waals surface area contributed by atoms with Gasteiger partial charge in [0, 0.05) is 18.7 Å². The zero-order valence-electron chi connectivity index (χ0n) is 14.1. The molecule has 142 valence electrons. The summed E-state index contributed by atoms with van der Waals surface area (Å²) in [6.07, 6.45) is 1.18. The Labute approximate surface area is 156 Å². The molecule has 1 aromatic heterocycles. The molecular weight excluding hydrogens is 382 g/mol. The summed E-state index contributed by atoms with van der Waals surface area (Å²) < 4.78 is 35.8. The van der Waals surface area contributed by atoms with Crippen LogP contribution in [0.5, 0.6) is 0 Å². The molecule has 1 aromatic carbocycles. The number of carbonyl (C=O) groups excluding carboxylic acids is 1. The number of ether oxygens (including phenoxy) is 1. The fourth-order valence-corrected chi connectivity index (χ4v) is 3.25. The number of nitrogens with zero attached hydrogens (tertiary/aromatic N) is 1. The molecule has 1 aliphatic heterocycles. The molecule has 2 heterocycles. The van der Waals surface area contributed by atoms with E-state index in [-0.39, 0.29) is 17.0 Å². The van der Waals surface area contributed by atoms with Crippen LogP contribution in [0.2, 0.25) is 0 Å². The largest absolute Gasteiger partial charge is 0.475 e. The molecule has 0 aliphatic carbocycles. The van der Waals surface area contributed by atoms with Crippen LogP contribution < -0.4 is 16.0 Å². The highest BCUT2D eigenvalue weighted by Crippen LogP contribution is 2.30. The predicted molar refractivity (Wildman–Crippen MR) is 93.1 cm³/mol. The molecule has 1 unspecified atom stereocenters. The topological polar surface area (TPSA) is 113 Å². The van der Waals surface area contributed by atoms with Crippen LogP contribution >= 0.6 is 11.5 Å². The van der Waals surface area contributed by atoms with E-state index in [9.17, 15) is 18.4 Å². The summed E-state index contributed by atoms with van der Waals surface area (Å²) in [7, 11) is 0. The first-order valence-corrected chi connectivity index (χ1v) is 8.37. The standard InChI is InChI=1S/C16H14F2N4O4S/c1-7-12(13(23)20-8-3-4-9(17)10(18)5-8)14(27-22-7)21-16(2)19-6-11(26-16)15(24)25/h3-6,19,21H,1-2H3,(H,20,23)(H,24,25). The molecule has 0 spiro atoms. The average molecular weight is 396 g/mol. The van der Waals surface area contributed by atoms with Gasteiger partial charge in [-0.15, -0.1) is 0 Å². The van der Waals surface area contributed by atoms with Crippen molar-refractivity contribution in [3.63, 3.8) is 0 Å². The average Bonchev–Trinajstić information content (AvgIpc) is 3.14. The summed E-state index contributed by atoms with van der Waals surface area (Å²) in [5.74, 6) is -5.55. The first-order chi connectivity index (χ1) is 12.7. The highest BCUT2D eigenvalue weighted by molar-refractivity contribution is 7.10. The lowest BCUT2D eigenvalue weighted by atomic mass is 10.2. The quantitative estimate of drug-likeness (QED) is 0.615. The number of aryl methyl sites for hydroxylation is 1. The molecule has 1 amide bonds. The van der Waals surface area contributed by atoms with Crippen molar-refractivity contribution in [1.29, 1.82) is 0 Å². The normalized spacial score (nSPS) is 18.3. The summed E-state index contributed by atoms with van der Waals surface area (Å²) in [5.41, 5.74) is 0.641. The van der Waals surface area contributed by atoms with E-state index in [4.69, 9.17) is 9.84 Å². The second-order valence-corrected chi connectivity index (χ2v) is 6.55. The van der Waals surface area contributed by atoms with Gasteiger partial charge >= 0.3 is 5.97 Å². The number of hydrogen-bond acceptors (Lipinski definition) is 7. The number of aliphatic carboxylic acids is 1. The number of anilines is 2. The van der Waals surface area contributed by atoms with Gasteiger partial charge in [-0.05, 0) is 30.6 Å². The molecule has 0 fully saturated rings. The Morgan fingerprint density at radius 2 is 2.07 bits per heavy atom. The molecule has 8 nitrogen and oxygen atoms in total. The number of rotatable bonds is 5. The van der Waals surface area contributed by atoms with Gasteiger partial charge in [-0.1, -0.05) is 0 Å². The maximum absolute atomic E-state index is 13.3. The van der Waals surface area contributed by atoms with E-state index in [1.165, 1.54) is 19.2 Å². The van der Waals surface area contributed by atoms with Crippen molar-refractivity contribution in [2.24, 2.45) is 0 Å². The van der Waals surface area contributed by atoms with Gasteiger partial charge in [-0.25, -0.2) is 13.6 Å². The molecule has 4 N–H and O–H groups in total. The first kappa shape index (κ1) is 18.6. The third kappa shape index (κ3) is 3.82. The second kappa shape index (κ2) is 6.83. The van der Waals surface area contributed by atoms with Crippen LogP contribution in [0.25, 0.3) is 0 Å². The van der Waals surface area contributed by atoms with Crippen LogP contribution in [0.3, 0.4) is 0 Å². The van der Waals surface area contributed by atoms with Crippen LogP contribution in [0.15, 0.2) is 30.2 Å². The van der Waals surface area contributed by atoms with E-state index in [1.807, 2.05) is 0 Å². The molecule has 0 radical (unpaired) electrons. The summed E-state index contributed by atoms with van der Waals surface area (Å²) in [5, 5.41) is 17.4. The number of nitrogens with one attached hydrogen (secondary N) is 3. The van der Waals surface area contributed by atoms with E-state index in [0.29, 0.717) is 10.7 Å². The molecule has 27 heavy (non-hydrogen) atoms. The van der Waals surface area contributed by atoms with Crippen molar-refractivity contribution in [2.45, 2.75) is 19.7 Å². The summed E-state index contributed by atoms with van der Waals surface area (Å²) in [6, 6.07) is 2.99. The van der Waals surface area contributed by atoms with Crippen molar-refractivity contribution < 1.29 is 28.2 Å². The smallest absolute Gasteiger partial charge is 0.372 e. The van der Waals surface area contributed by atoms with Crippen molar-refractivity contribution in [3.05, 3.63) is 53.1 Å². The zero-order chi connectivity index (χ0) is 19.8. The zero-order valence-corrected chi connectivity index (χ0v) is 14.9. The van der Waals surface area contributed by atoms with E-state index >= 15 is 0 Å². The minimum Gasteiger partial charge on any atom is -0.475 e. The Hall–Kier alpha value is -3.21. The lowest BCUT2D eigenvalue weighted by Crippen LogP contribution is -2.45. The lowest BCUT2D eigenvalue weighted by molar-refractivity contribution is -0.138. The molecule has 0 bridgehead atoms. The van der Waals surface area contributed by atoms with Crippen molar-refractivity contribution in [1.82, 2.24) is 9.69 Å². The predicted octanol–water partition coefficient (Wildman–Crippen LogP) is 2.61. The van der Waals surface area contributed by atoms with Gasteiger partial charge in [0.05, 0.1) is 17.5 Å². The van der Waals surface area contributed by atoms with Crippen LogP contribution in [0, 0.1) is 18.6 Å². The number of aromatic nitrogens is 1. The highest BCUT2D eigenvalue weighted by atomic mass is 32.1. The molecule has 1 aliphatic rings. The van der Waals surface area contributed by atoms with Gasteiger partial charge in [0.2, 0.25) is 5.76 Å². The number of carboxylic acids is 1. The Morgan fingerprint density at radius 3 is 2.70 bits per heavy atom. The van der Waals surface area contributed by atoms with Crippen molar-refractivity contribution in [2.75, 3.05) is 10.6 Å². The number of halogens is 2. The summed E-state index contributed by atoms with van der Waals surface area (Å²) in [4.78, 5) is 23.6. The number of hydrogen-bond donors (Lipinski definition) is 4. The Balaban J connectivity index is 1.79. The van der Waals surface area contributed by atoms with Gasteiger partial charge in [-0.2, -0.15) is 4.37 Å². The Kier molecular flexibility index (Phi) is 4.70. The molecule has 3 rings (SSSR count). The molecule has 2 aromatic rings. The minimum absolute atomic E-state index is 0.0757. The minimum atomic E-state index is -1.30. The lowest BCUT2D eigenvalue weighted by Gasteiger charge is -2.26. The van der Waals surface area contributed by atoms with Gasteiger partial charge < -0.3 is 25.8 Å². The van der Waals surface area contributed by atoms with E-state index in [1.54, 1.807) is 6.92 Å². The van der Waals surface area contributed by atoms with E-state index in [0.717, 1.165) is 23.7 Å². The highest BCUT2D eigenvalue weighted by Gasteiger charge is 2.36. The van der Waals surface area contributed by atoms with Gasteiger partial charge in [0.15, 0.2) is 11.6 Å². The van der Waals surface area contributed by atoms with Crippen LogP contribution in [0.4, 0.5) is 19.5 Å².